The zero-order chi connectivity index (χ0) is 13.6. The fraction of sp³-hybridized carbons (Fsp3) is 0.200. The zero-order valence-corrected chi connectivity index (χ0v) is 9.99. The van der Waals surface area contributed by atoms with E-state index in [2.05, 4.69) is 17.9 Å². The number of halogens is 3. The van der Waals surface area contributed by atoms with Crippen LogP contribution < -0.4 is 11.5 Å². The van der Waals surface area contributed by atoms with Crippen molar-refractivity contribution in [2.24, 2.45) is 11.5 Å². The van der Waals surface area contributed by atoms with Gasteiger partial charge in [0, 0.05) is 10.6 Å². The number of hydrogen-bond donors (Lipinski definition) is 2. The molecule has 4 N–H and O–H groups in total. The molecule has 0 unspecified atom stereocenters. The Morgan fingerprint density at radius 3 is 2.18 bits per heavy atom. The molecule has 0 rings (SSSR count). The molecule has 0 heterocycles. The molecule has 0 aromatic rings. The molecule has 0 spiro atoms. The fourth-order valence-electron chi connectivity index (χ4n) is 0.734. The summed E-state index contributed by atoms with van der Waals surface area (Å²) in [5.41, 5.74) is 11.0. The molecule has 96 valence electrons. The van der Waals surface area contributed by atoms with E-state index in [9.17, 15) is 13.2 Å². The first kappa shape index (κ1) is 15.5. The molecule has 0 aromatic heterocycles. The Morgan fingerprint density at radius 2 is 1.76 bits per heavy atom. The normalized spacial score (nSPS) is 13.4. The molecule has 0 aliphatic carbocycles. The van der Waals surface area contributed by atoms with Crippen LogP contribution in [0.2, 0.25) is 0 Å². The molecule has 0 aliphatic rings. The van der Waals surface area contributed by atoms with Crippen molar-refractivity contribution in [1.82, 2.24) is 0 Å². The second-order valence-electron chi connectivity index (χ2n) is 2.94. The van der Waals surface area contributed by atoms with Crippen molar-refractivity contribution >= 4 is 11.8 Å². The molecule has 3 nitrogen and oxygen atoms in total. The van der Waals surface area contributed by atoms with Crippen LogP contribution in [0.3, 0.4) is 0 Å². The minimum absolute atomic E-state index is 0.187. The zero-order valence-electron chi connectivity index (χ0n) is 9.17. The molecule has 0 bridgehead atoms. The van der Waals surface area contributed by atoms with Crippen molar-refractivity contribution in [1.29, 1.82) is 0 Å². The van der Waals surface area contributed by atoms with Crippen LogP contribution in [0.1, 0.15) is 6.92 Å². The van der Waals surface area contributed by atoms with Crippen LogP contribution in [-0.2, 0) is 4.74 Å². The third-order valence-corrected chi connectivity index (χ3v) is 2.09. The maximum Gasteiger partial charge on any atom is 0.572 e. The Balaban J connectivity index is 4.54. The second-order valence-corrected chi connectivity index (χ2v) is 4.16. The van der Waals surface area contributed by atoms with Gasteiger partial charge in [0.05, 0.1) is 5.03 Å². The molecule has 0 aliphatic heterocycles. The maximum atomic E-state index is 11.8. The van der Waals surface area contributed by atoms with E-state index < -0.39 is 6.36 Å². The van der Waals surface area contributed by atoms with Crippen LogP contribution >= 0.6 is 11.8 Å². The van der Waals surface area contributed by atoms with Gasteiger partial charge in [0.15, 0.2) is 0 Å². The van der Waals surface area contributed by atoms with E-state index in [0.29, 0.717) is 9.93 Å². The van der Waals surface area contributed by atoms with Gasteiger partial charge in [0.2, 0.25) is 0 Å². The Kier molecular flexibility index (Phi) is 5.73. The highest BCUT2D eigenvalue weighted by Crippen LogP contribution is 2.23. The highest BCUT2D eigenvalue weighted by molar-refractivity contribution is 8.06. The summed E-state index contributed by atoms with van der Waals surface area (Å²) in [6, 6.07) is 0. The highest BCUT2D eigenvalue weighted by atomic mass is 32.2. The van der Waals surface area contributed by atoms with Crippen molar-refractivity contribution < 1.29 is 17.9 Å². The molecular formula is C10H13F3N2OS. The molecule has 0 saturated carbocycles. The largest absolute Gasteiger partial charge is 0.572 e. The second kappa shape index (κ2) is 6.29. The monoisotopic (exact) mass is 266 g/mol. The van der Waals surface area contributed by atoms with Crippen LogP contribution in [0.5, 0.6) is 0 Å². The summed E-state index contributed by atoms with van der Waals surface area (Å²) in [5, 5.41) is 0.290. The number of rotatable bonds is 5. The van der Waals surface area contributed by atoms with Crippen LogP contribution in [0.25, 0.3) is 0 Å². The number of hydrogen-bond acceptors (Lipinski definition) is 4. The average molecular weight is 266 g/mol. The summed E-state index contributed by atoms with van der Waals surface area (Å²) < 4.78 is 39.0. The van der Waals surface area contributed by atoms with Gasteiger partial charge in [-0.15, -0.1) is 13.2 Å². The topological polar surface area (TPSA) is 61.3 Å². The van der Waals surface area contributed by atoms with Crippen LogP contribution in [-0.4, -0.2) is 6.36 Å². The average Bonchev–Trinajstić information content (AvgIpc) is 2.10. The molecule has 0 aromatic carbocycles. The summed E-state index contributed by atoms with van der Waals surface area (Å²) in [6.07, 6.45) is -2.37. The molecule has 0 fully saturated rings. The van der Waals surface area contributed by atoms with Crippen molar-refractivity contribution in [2.75, 3.05) is 0 Å². The molecule has 7 heteroatoms. The van der Waals surface area contributed by atoms with Gasteiger partial charge in [-0.1, -0.05) is 24.9 Å². The lowest BCUT2D eigenvalue weighted by Gasteiger charge is -2.08. The lowest BCUT2D eigenvalue weighted by Crippen LogP contribution is -2.11. The van der Waals surface area contributed by atoms with E-state index in [4.69, 9.17) is 11.5 Å². The molecule has 0 amide bonds. The van der Waals surface area contributed by atoms with Gasteiger partial charge in [-0.25, -0.2) is 0 Å². The third kappa shape index (κ3) is 8.32. The number of allylic oxidation sites excluding steroid dienone is 3. The van der Waals surface area contributed by atoms with E-state index in [1.807, 2.05) is 0 Å². The molecule has 0 atom stereocenters. The standard InChI is InChI=1S/C10H13F3N2OS/c1-6(16-10(11,12)13)4-5-9(15)7(2)17-8(3)14/h4-5H,2-3,14-15H2,1H3/b6-4+,9-5+. The Hall–Kier alpha value is -1.50. The highest BCUT2D eigenvalue weighted by Gasteiger charge is 2.30. The van der Waals surface area contributed by atoms with Gasteiger partial charge >= 0.3 is 6.36 Å². The summed E-state index contributed by atoms with van der Waals surface area (Å²) in [5.74, 6) is -0.329. The van der Waals surface area contributed by atoms with E-state index in [1.165, 1.54) is 6.08 Å². The minimum atomic E-state index is -4.71. The van der Waals surface area contributed by atoms with E-state index in [0.717, 1.165) is 24.8 Å². The van der Waals surface area contributed by atoms with Crippen LogP contribution in [0, 0.1) is 0 Å². The predicted molar refractivity (Wildman–Crippen MR) is 63.2 cm³/mol. The van der Waals surface area contributed by atoms with E-state index in [-0.39, 0.29) is 11.5 Å². The summed E-state index contributed by atoms with van der Waals surface area (Å²) >= 11 is 1.03. The van der Waals surface area contributed by atoms with Gasteiger partial charge in [0.25, 0.3) is 0 Å². The first-order valence-corrected chi connectivity index (χ1v) is 5.15. The van der Waals surface area contributed by atoms with Crippen LogP contribution in [0.15, 0.2) is 46.7 Å². The first-order chi connectivity index (χ1) is 7.61. The Bertz CT molecular complexity index is 372. The van der Waals surface area contributed by atoms with Gasteiger partial charge < -0.3 is 16.2 Å². The molecule has 0 saturated heterocycles. The van der Waals surface area contributed by atoms with Gasteiger partial charge in [-0.3, -0.25) is 0 Å². The van der Waals surface area contributed by atoms with Crippen molar-refractivity contribution in [3.63, 3.8) is 0 Å². The van der Waals surface area contributed by atoms with Gasteiger partial charge in [-0.2, -0.15) is 0 Å². The number of nitrogens with two attached hydrogens (primary N) is 2. The predicted octanol–water partition coefficient (Wildman–Crippen LogP) is 2.95. The van der Waals surface area contributed by atoms with E-state index >= 15 is 0 Å². The van der Waals surface area contributed by atoms with Crippen molar-refractivity contribution in [3.8, 4) is 0 Å². The lowest BCUT2D eigenvalue weighted by molar-refractivity contribution is -0.305. The Labute approximate surface area is 102 Å². The number of thioether (sulfide) groups is 1. The molecular weight excluding hydrogens is 253 g/mol. The van der Waals surface area contributed by atoms with Crippen molar-refractivity contribution in [3.05, 3.63) is 46.7 Å². The number of ether oxygens (including phenoxy) is 1. The first-order valence-electron chi connectivity index (χ1n) is 4.33. The van der Waals surface area contributed by atoms with Crippen LogP contribution in [0.4, 0.5) is 13.2 Å². The summed E-state index contributed by atoms with van der Waals surface area (Å²) in [4.78, 5) is 0.397. The summed E-state index contributed by atoms with van der Waals surface area (Å²) in [7, 11) is 0. The summed E-state index contributed by atoms with van der Waals surface area (Å²) in [6.45, 7) is 8.18. The third-order valence-electron chi connectivity index (χ3n) is 1.35. The Morgan fingerprint density at radius 1 is 1.24 bits per heavy atom. The molecule has 0 radical (unpaired) electrons. The maximum absolute atomic E-state index is 11.8. The van der Waals surface area contributed by atoms with Gasteiger partial charge in [-0.05, 0) is 19.1 Å². The lowest BCUT2D eigenvalue weighted by atomic mass is 10.3. The van der Waals surface area contributed by atoms with Gasteiger partial charge in [0.1, 0.15) is 5.76 Å². The quantitative estimate of drug-likeness (QED) is 0.593. The van der Waals surface area contributed by atoms with E-state index in [1.54, 1.807) is 0 Å². The molecule has 17 heavy (non-hydrogen) atoms. The SMILES string of the molecule is C=C(N)SC(=C)/C(N)=C\C=C(/C)OC(F)(F)F. The van der Waals surface area contributed by atoms with Crippen molar-refractivity contribution in [2.45, 2.75) is 13.3 Å². The minimum Gasteiger partial charge on any atom is -0.411 e. The fourth-order valence-corrected chi connectivity index (χ4v) is 1.24. The smallest absolute Gasteiger partial charge is 0.411 e. The number of alkyl halides is 3.